The Morgan fingerprint density at radius 2 is 1.69 bits per heavy atom. The molecular weight excluding hydrogens is 430 g/mol. The highest BCUT2D eigenvalue weighted by Gasteiger charge is 2.60. The molecule has 32 heavy (non-hydrogen) atoms. The van der Waals surface area contributed by atoms with Gasteiger partial charge in [-0.2, -0.15) is 0 Å². The number of fused-ring (bicyclic) bond motifs is 5. The summed E-state index contributed by atoms with van der Waals surface area (Å²) in [5.41, 5.74) is 3.29. The topological polar surface area (TPSA) is 40.0 Å². The van der Waals surface area contributed by atoms with E-state index in [0.29, 0.717) is 11.5 Å². The number of nitrogens with zero attached hydrogens (tertiary/aromatic N) is 1. The molecule has 182 valence electrons. The summed E-state index contributed by atoms with van der Waals surface area (Å²) in [6.45, 7) is 17.6. The lowest BCUT2D eigenvalue weighted by atomic mass is 9.47. The Kier molecular flexibility index (Phi) is 6.67. The van der Waals surface area contributed by atoms with Crippen LogP contribution in [0.5, 0.6) is 0 Å². The fourth-order valence-electron chi connectivity index (χ4n) is 7.75. The first-order valence-corrected chi connectivity index (χ1v) is 19.8. The first-order chi connectivity index (χ1) is 14.9. The number of oxime groups is 1. The molecule has 0 spiro atoms. The van der Waals surface area contributed by atoms with Crippen LogP contribution in [0.1, 0.15) is 58.3 Å². The predicted octanol–water partition coefficient (Wildman–Crippen LogP) is 7.00. The van der Waals surface area contributed by atoms with Gasteiger partial charge in [0.1, 0.15) is 7.11 Å². The van der Waals surface area contributed by atoms with Crippen molar-refractivity contribution in [3.8, 4) is 0 Å². The number of hydrogen-bond acceptors (Lipinski definition) is 4. The first-order valence-electron chi connectivity index (χ1n) is 13.0. The van der Waals surface area contributed by atoms with Crippen LogP contribution in [0.3, 0.4) is 0 Å². The average Bonchev–Trinajstić information content (AvgIpc) is 3.01. The molecule has 0 bridgehead atoms. The minimum Gasteiger partial charge on any atom is -0.417 e. The molecule has 0 amide bonds. The van der Waals surface area contributed by atoms with Crippen molar-refractivity contribution in [1.82, 2.24) is 0 Å². The van der Waals surface area contributed by atoms with E-state index in [1.165, 1.54) is 44.9 Å². The SMILES string of the molecule is CO/N=C1\C=C2CC[C@@H]3[C@H](CC[C@]4(C)[C@@H](O[Si](C)(C)C)CC[C@@H]34)[C@@]2(CO[Si](C)(C)C)CC1. The normalized spacial score (nSPS) is 41.0. The van der Waals surface area contributed by atoms with Gasteiger partial charge in [0.05, 0.1) is 11.8 Å². The summed E-state index contributed by atoms with van der Waals surface area (Å²) >= 11 is 0. The summed E-state index contributed by atoms with van der Waals surface area (Å²) in [4.78, 5) is 5.14. The van der Waals surface area contributed by atoms with Crippen LogP contribution in [-0.2, 0) is 13.7 Å². The van der Waals surface area contributed by atoms with Gasteiger partial charge in [0, 0.05) is 12.0 Å². The van der Waals surface area contributed by atoms with E-state index in [0.717, 1.165) is 36.5 Å². The van der Waals surface area contributed by atoms with Gasteiger partial charge in [0.15, 0.2) is 16.6 Å². The molecule has 3 fully saturated rings. The van der Waals surface area contributed by atoms with Gasteiger partial charge in [0.2, 0.25) is 0 Å². The van der Waals surface area contributed by atoms with E-state index in [-0.39, 0.29) is 5.41 Å². The second-order valence-electron chi connectivity index (χ2n) is 13.2. The quantitative estimate of drug-likeness (QED) is 0.305. The van der Waals surface area contributed by atoms with Crippen molar-refractivity contribution in [1.29, 1.82) is 0 Å². The third-order valence-electron chi connectivity index (χ3n) is 9.08. The minimum atomic E-state index is -1.59. The molecule has 4 rings (SSSR count). The van der Waals surface area contributed by atoms with Crippen LogP contribution in [0.4, 0.5) is 0 Å². The molecule has 4 aliphatic carbocycles. The molecule has 3 saturated carbocycles. The predicted molar refractivity (Wildman–Crippen MR) is 138 cm³/mol. The average molecular weight is 478 g/mol. The smallest absolute Gasteiger partial charge is 0.184 e. The van der Waals surface area contributed by atoms with Gasteiger partial charge in [-0.25, -0.2) is 0 Å². The highest BCUT2D eigenvalue weighted by molar-refractivity contribution is 6.70. The zero-order chi connectivity index (χ0) is 23.4. The Hall–Kier alpha value is -0.436. The molecular formula is C26H47NO3Si2. The largest absolute Gasteiger partial charge is 0.417 e. The van der Waals surface area contributed by atoms with Crippen molar-refractivity contribution in [2.45, 2.75) is 104 Å². The van der Waals surface area contributed by atoms with E-state index in [4.69, 9.17) is 13.7 Å². The van der Waals surface area contributed by atoms with Gasteiger partial charge in [-0.3, -0.25) is 0 Å². The van der Waals surface area contributed by atoms with Crippen molar-refractivity contribution >= 4 is 22.3 Å². The Balaban J connectivity index is 1.64. The third kappa shape index (κ3) is 4.58. The van der Waals surface area contributed by atoms with Crippen LogP contribution in [0.15, 0.2) is 16.8 Å². The molecule has 6 atom stereocenters. The fraction of sp³-hybridized carbons (Fsp3) is 0.885. The van der Waals surface area contributed by atoms with Crippen molar-refractivity contribution in [2.75, 3.05) is 13.7 Å². The second kappa shape index (κ2) is 8.65. The van der Waals surface area contributed by atoms with Gasteiger partial charge < -0.3 is 13.7 Å². The van der Waals surface area contributed by atoms with E-state index < -0.39 is 16.6 Å². The van der Waals surface area contributed by atoms with Crippen molar-refractivity contribution < 1.29 is 13.7 Å². The first kappa shape index (κ1) is 24.7. The molecule has 0 heterocycles. The summed E-state index contributed by atoms with van der Waals surface area (Å²) in [7, 11) is -1.45. The molecule has 4 aliphatic rings. The van der Waals surface area contributed by atoms with Crippen molar-refractivity contribution in [2.24, 2.45) is 33.7 Å². The zero-order valence-electron chi connectivity index (χ0n) is 21.9. The third-order valence-corrected chi connectivity index (χ3v) is 11.1. The molecule has 0 aromatic carbocycles. The molecule has 0 aromatic heterocycles. The highest BCUT2D eigenvalue weighted by Crippen LogP contribution is 2.66. The zero-order valence-corrected chi connectivity index (χ0v) is 23.9. The fourth-order valence-corrected chi connectivity index (χ4v) is 9.68. The van der Waals surface area contributed by atoms with Crippen molar-refractivity contribution in [3.05, 3.63) is 11.6 Å². The summed E-state index contributed by atoms with van der Waals surface area (Å²) in [5, 5.41) is 4.32. The van der Waals surface area contributed by atoms with Gasteiger partial charge in [-0.1, -0.05) is 17.7 Å². The van der Waals surface area contributed by atoms with Crippen LogP contribution in [-0.4, -0.2) is 42.2 Å². The van der Waals surface area contributed by atoms with Crippen molar-refractivity contribution in [3.63, 3.8) is 0 Å². The standard InChI is InChI=1S/C26H47NO3Si2/c1-25-15-14-23-21(22(25)11-12-24(25)30-32(6,7)8)10-9-19-17-20(27-28-2)13-16-26(19,23)18-29-31(3,4)5/h17,21-24H,9-16,18H2,1-8H3/b27-20-/t21-,22-,23-,24-,25-,26+/m0/s1. The molecule has 6 heteroatoms. The summed E-state index contributed by atoms with van der Waals surface area (Å²) in [6.07, 6.45) is 12.8. The highest BCUT2D eigenvalue weighted by atomic mass is 28.4. The van der Waals surface area contributed by atoms with Crippen LogP contribution in [0, 0.1) is 28.6 Å². The van der Waals surface area contributed by atoms with Gasteiger partial charge >= 0.3 is 0 Å². The molecule has 0 radical (unpaired) electrons. The van der Waals surface area contributed by atoms with E-state index in [1.807, 2.05) is 0 Å². The monoisotopic (exact) mass is 477 g/mol. The Labute approximate surface area is 198 Å². The van der Waals surface area contributed by atoms with Gasteiger partial charge in [0.25, 0.3) is 0 Å². The summed E-state index contributed by atoms with van der Waals surface area (Å²) in [6, 6.07) is 0. The van der Waals surface area contributed by atoms with E-state index >= 15 is 0 Å². The lowest BCUT2D eigenvalue weighted by Gasteiger charge is -2.59. The maximum atomic E-state index is 6.79. The number of hydrogen-bond donors (Lipinski definition) is 0. The lowest BCUT2D eigenvalue weighted by molar-refractivity contribution is -0.0830. The molecule has 0 saturated heterocycles. The van der Waals surface area contributed by atoms with Crippen LogP contribution in [0.2, 0.25) is 39.3 Å². The Morgan fingerprint density at radius 1 is 0.938 bits per heavy atom. The van der Waals surface area contributed by atoms with E-state index in [9.17, 15) is 0 Å². The maximum absolute atomic E-state index is 6.79. The molecule has 4 nitrogen and oxygen atoms in total. The van der Waals surface area contributed by atoms with Gasteiger partial charge in [-0.15, -0.1) is 0 Å². The Bertz CT molecular complexity index is 768. The number of rotatable bonds is 6. The summed E-state index contributed by atoms with van der Waals surface area (Å²) < 4.78 is 13.5. The summed E-state index contributed by atoms with van der Waals surface area (Å²) in [5.74, 6) is 2.36. The lowest BCUT2D eigenvalue weighted by Crippen LogP contribution is -2.55. The van der Waals surface area contributed by atoms with E-state index in [2.05, 4.69) is 57.4 Å². The van der Waals surface area contributed by atoms with Crippen LogP contribution < -0.4 is 0 Å². The molecule has 0 unspecified atom stereocenters. The van der Waals surface area contributed by atoms with E-state index in [1.54, 1.807) is 12.7 Å². The second-order valence-corrected chi connectivity index (χ2v) is 22.2. The van der Waals surface area contributed by atoms with Crippen LogP contribution >= 0.6 is 0 Å². The molecule has 0 aromatic rings. The molecule has 0 N–H and O–H groups in total. The number of allylic oxidation sites excluding steroid dienone is 1. The molecule has 0 aliphatic heterocycles. The maximum Gasteiger partial charge on any atom is 0.184 e. The Morgan fingerprint density at radius 3 is 2.34 bits per heavy atom. The van der Waals surface area contributed by atoms with Crippen LogP contribution in [0.25, 0.3) is 0 Å². The minimum absolute atomic E-state index is 0.203. The van der Waals surface area contributed by atoms with Gasteiger partial charge in [-0.05, 0) is 120 Å².